The van der Waals surface area contributed by atoms with Crippen molar-refractivity contribution in [3.63, 3.8) is 0 Å². The Bertz CT molecular complexity index is 511. The molecule has 0 aliphatic rings. The molecule has 3 nitrogen and oxygen atoms in total. The van der Waals surface area contributed by atoms with Crippen molar-refractivity contribution < 1.29 is 9.90 Å². The van der Waals surface area contributed by atoms with Crippen LogP contribution in [0.15, 0.2) is 30.5 Å². The molecule has 0 atom stereocenters. The zero-order chi connectivity index (χ0) is 10.7. The van der Waals surface area contributed by atoms with E-state index < -0.39 is 0 Å². The van der Waals surface area contributed by atoms with Crippen molar-refractivity contribution in [1.29, 1.82) is 0 Å². The highest BCUT2D eigenvalue weighted by molar-refractivity contribution is 6.01. The summed E-state index contributed by atoms with van der Waals surface area (Å²) in [6.45, 7) is -0.00274. The maximum absolute atomic E-state index is 10.8. The zero-order valence-corrected chi connectivity index (χ0v) is 8.10. The molecule has 2 aromatic rings. The van der Waals surface area contributed by atoms with Crippen LogP contribution in [0.3, 0.4) is 0 Å². The van der Waals surface area contributed by atoms with E-state index in [0.29, 0.717) is 5.56 Å². The Morgan fingerprint density at radius 2 is 2.20 bits per heavy atom. The van der Waals surface area contributed by atoms with Crippen LogP contribution < -0.4 is 0 Å². The normalized spacial score (nSPS) is 11.3. The van der Waals surface area contributed by atoms with Crippen LogP contribution in [0.5, 0.6) is 0 Å². The predicted octanol–water partition coefficient (Wildman–Crippen LogP) is 1.99. The standard InChI is InChI=1S/C12H11NO2/c14-6-2-4-9-3-1-5-11-12(9)10(8-15)7-13-11/h1-5,7-8,13-14H,6H2. The molecule has 0 spiro atoms. The molecule has 0 bridgehead atoms. The molecule has 0 fully saturated rings. The Morgan fingerprint density at radius 3 is 2.93 bits per heavy atom. The minimum atomic E-state index is -0.00274. The van der Waals surface area contributed by atoms with Gasteiger partial charge in [-0.05, 0) is 11.6 Å². The first-order chi connectivity index (χ1) is 7.36. The van der Waals surface area contributed by atoms with Gasteiger partial charge < -0.3 is 10.1 Å². The van der Waals surface area contributed by atoms with Crippen LogP contribution in [0, 0.1) is 0 Å². The van der Waals surface area contributed by atoms with Gasteiger partial charge in [-0.2, -0.15) is 0 Å². The minimum absolute atomic E-state index is 0.00274. The molecule has 3 heteroatoms. The molecule has 0 saturated carbocycles. The summed E-state index contributed by atoms with van der Waals surface area (Å²) in [5, 5.41) is 9.61. The van der Waals surface area contributed by atoms with Crippen molar-refractivity contribution in [3.05, 3.63) is 41.6 Å². The van der Waals surface area contributed by atoms with Crippen LogP contribution in [0.2, 0.25) is 0 Å². The lowest BCUT2D eigenvalue weighted by Crippen LogP contribution is -1.81. The number of carbonyl (C=O) groups is 1. The van der Waals surface area contributed by atoms with E-state index in [4.69, 9.17) is 5.11 Å². The van der Waals surface area contributed by atoms with Gasteiger partial charge in [0.05, 0.1) is 6.61 Å². The summed E-state index contributed by atoms with van der Waals surface area (Å²) in [5.41, 5.74) is 2.50. The first-order valence-electron chi connectivity index (χ1n) is 4.69. The van der Waals surface area contributed by atoms with Gasteiger partial charge in [0.1, 0.15) is 0 Å². The fraction of sp³-hybridized carbons (Fsp3) is 0.0833. The van der Waals surface area contributed by atoms with Crippen molar-refractivity contribution >= 4 is 23.3 Å². The third kappa shape index (κ3) is 1.69. The van der Waals surface area contributed by atoms with Crippen LogP contribution in [0.4, 0.5) is 0 Å². The molecule has 2 N–H and O–H groups in total. The number of hydrogen-bond donors (Lipinski definition) is 2. The van der Waals surface area contributed by atoms with Crippen molar-refractivity contribution in [2.75, 3.05) is 6.61 Å². The number of fused-ring (bicyclic) bond motifs is 1. The van der Waals surface area contributed by atoms with Gasteiger partial charge in [-0.3, -0.25) is 4.79 Å². The fourth-order valence-corrected chi connectivity index (χ4v) is 1.65. The number of hydrogen-bond acceptors (Lipinski definition) is 2. The highest BCUT2D eigenvalue weighted by atomic mass is 16.2. The van der Waals surface area contributed by atoms with E-state index in [1.165, 1.54) is 0 Å². The lowest BCUT2D eigenvalue weighted by Gasteiger charge is -1.97. The summed E-state index contributed by atoms with van der Waals surface area (Å²) >= 11 is 0. The number of aldehydes is 1. The molecule has 0 aliphatic carbocycles. The Morgan fingerprint density at radius 1 is 1.33 bits per heavy atom. The quantitative estimate of drug-likeness (QED) is 0.746. The molecule has 1 aromatic carbocycles. The largest absolute Gasteiger partial charge is 0.392 e. The fourth-order valence-electron chi connectivity index (χ4n) is 1.65. The molecule has 76 valence electrons. The van der Waals surface area contributed by atoms with Crippen LogP contribution in [-0.2, 0) is 0 Å². The van der Waals surface area contributed by atoms with Gasteiger partial charge in [0, 0.05) is 22.7 Å². The van der Waals surface area contributed by atoms with E-state index >= 15 is 0 Å². The number of carbonyl (C=O) groups excluding carboxylic acids is 1. The molecule has 0 radical (unpaired) electrons. The van der Waals surface area contributed by atoms with Gasteiger partial charge in [-0.15, -0.1) is 0 Å². The molecule has 0 amide bonds. The van der Waals surface area contributed by atoms with Crippen molar-refractivity contribution in [2.45, 2.75) is 0 Å². The van der Waals surface area contributed by atoms with E-state index in [1.54, 1.807) is 12.3 Å². The number of nitrogens with one attached hydrogen (secondary N) is 1. The molecule has 0 unspecified atom stereocenters. The number of H-pyrrole nitrogens is 1. The predicted molar refractivity (Wildman–Crippen MR) is 59.8 cm³/mol. The second kappa shape index (κ2) is 4.11. The molecular formula is C12H11NO2. The molecule has 15 heavy (non-hydrogen) atoms. The number of rotatable bonds is 3. The molecule has 1 aromatic heterocycles. The van der Waals surface area contributed by atoms with Gasteiger partial charge in [-0.25, -0.2) is 0 Å². The number of benzene rings is 1. The SMILES string of the molecule is O=Cc1c[nH]c2cccc(C=CCO)c12. The Balaban J connectivity index is 2.66. The van der Waals surface area contributed by atoms with Crippen molar-refractivity contribution in [1.82, 2.24) is 4.98 Å². The van der Waals surface area contributed by atoms with Crippen LogP contribution >= 0.6 is 0 Å². The molecule has 0 saturated heterocycles. The van der Waals surface area contributed by atoms with Gasteiger partial charge in [-0.1, -0.05) is 24.3 Å². The Kier molecular flexibility index (Phi) is 2.65. The molecule has 0 aliphatic heterocycles. The topological polar surface area (TPSA) is 53.1 Å². The average molecular weight is 201 g/mol. The second-order valence-electron chi connectivity index (χ2n) is 3.22. The lowest BCUT2D eigenvalue weighted by atomic mass is 10.1. The van der Waals surface area contributed by atoms with E-state index in [1.807, 2.05) is 24.3 Å². The molecule has 2 rings (SSSR count). The van der Waals surface area contributed by atoms with E-state index in [-0.39, 0.29) is 6.61 Å². The monoisotopic (exact) mass is 201 g/mol. The maximum Gasteiger partial charge on any atom is 0.152 e. The summed E-state index contributed by atoms with van der Waals surface area (Å²) < 4.78 is 0. The molecular weight excluding hydrogens is 190 g/mol. The average Bonchev–Trinajstić information content (AvgIpc) is 2.69. The van der Waals surface area contributed by atoms with Gasteiger partial charge in [0.15, 0.2) is 6.29 Å². The number of aromatic nitrogens is 1. The van der Waals surface area contributed by atoms with E-state index in [0.717, 1.165) is 22.8 Å². The highest BCUT2D eigenvalue weighted by Crippen LogP contribution is 2.22. The van der Waals surface area contributed by atoms with E-state index in [9.17, 15) is 4.79 Å². The number of aliphatic hydroxyl groups excluding tert-OH is 1. The van der Waals surface area contributed by atoms with Crippen LogP contribution in [-0.4, -0.2) is 23.0 Å². The zero-order valence-electron chi connectivity index (χ0n) is 8.10. The van der Waals surface area contributed by atoms with Crippen molar-refractivity contribution in [3.8, 4) is 0 Å². The Labute approximate surface area is 87.0 Å². The summed E-state index contributed by atoms with van der Waals surface area (Å²) in [6, 6.07) is 5.73. The second-order valence-corrected chi connectivity index (χ2v) is 3.22. The van der Waals surface area contributed by atoms with Gasteiger partial charge in [0.25, 0.3) is 0 Å². The Hall–Kier alpha value is -1.87. The lowest BCUT2D eigenvalue weighted by molar-refractivity contribution is 0.112. The number of aliphatic hydroxyl groups is 1. The highest BCUT2D eigenvalue weighted by Gasteiger charge is 2.05. The van der Waals surface area contributed by atoms with Crippen molar-refractivity contribution in [2.24, 2.45) is 0 Å². The van der Waals surface area contributed by atoms with E-state index in [2.05, 4.69) is 4.98 Å². The number of aromatic amines is 1. The summed E-state index contributed by atoms with van der Waals surface area (Å²) in [6.07, 6.45) is 5.97. The summed E-state index contributed by atoms with van der Waals surface area (Å²) in [4.78, 5) is 13.8. The molecule has 1 heterocycles. The third-order valence-electron chi connectivity index (χ3n) is 2.30. The summed E-state index contributed by atoms with van der Waals surface area (Å²) in [7, 11) is 0. The van der Waals surface area contributed by atoms with Gasteiger partial charge >= 0.3 is 0 Å². The van der Waals surface area contributed by atoms with Gasteiger partial charge in [0.2, 0.25) is 0 Å². The third-order valence-corrected chi connectivity index (χ3v) is 2.30. The maximum atomic E-state index is 10.8. The van der Waals surface area contributed by atoms with Crippen LogP contribution in [0.25, 0.3) is 17.0 Å². The first kappa shape index (κ1) is 9.68. The first-order valence-corrected chi connectivity index (χ1v) is 4.69. The summed E-state index contributed by atoms with van der Waals surface area (Å²) in [5.74, 6) is 0. The smallest absolute Gasteiger partial charge is 0.152 e. The van der Waals surface area contributed by atoms with Crippen LogP contribution in [0.1, 0.15) is 15.9 Å². The minimum Gasteiger partial charge on any atom is -0.392 e.